The van der Waals surface area contributed by atoms with E-state index in [-0.39, 0.29) is 5.91 Å². The third-order valence-electron chi connectivity index (χ3n) is 9.86. The number of rotatable bonds is 13. The second-order valence-corrected chi connectivity index (χ2v) is 13.9. The number of carbonyl (C=O) groups is 2. The van der Waals surface area contributed by atoms with Crippen molar-refractivity contribution in [2.45, 2.75) is 119 Å². The number of esters is 1. The number of likely N-dealkylation sites (N-methyl/N-ethyl adjacent to an activating group) is 1. The highest BCUT2D eigenvalue weighted by atomic mass is 16.8. The molecule has 0 unspecified atom stereocenters. The highest BCUT2D eigenvalue weighted by Crippen LogP contribution is 2.33. The summed E-state index contributed by atoms with van der Waals surface area (Å²) >= 11 is 0. The molecule has 17 nitrogen and oxygen atoms in total. The first-order valence-corrected chi connectivity index (χ1v) is 18.1. The highest BCUT2D eigenvalue weighted by molar-refractivity contribution is 5.87. The lowest BCUT2D eigenvalue weighted by atomic mass is 9.96. The third-order valence-corrected chi connectivity index (χ3v) is 9.86. The van der Waals surface area contributed by atoms with Crippen LogP contribution in [0.2, 0.25) is 0 Å². The van der Waals surface area contributed by atoms with Gasteiger partial charge in [-0.2, -0.15) is 0 Å². The molecule has 0 aromatic heterocycles. The van der Waals surface area contributed by atoms with E-state index < -0.39 is 105 Å². The van der Waals surface area contributed by atoms with Gasteiger partial charge in [-0.3, -0.25) is 4.79 Å². The molecule has 2 aromatic rings. The predicted octanol–water partition coefficient (Wildman–Crippen LogP) is -1.15. The lowest BCUT2D eigenvalue weighted by molar-refractivity contribution is -0.374. The lowest BCUT2D eigenvalue weighted by Crippen LogP contribution is -2.66. The van der Waals surface area contributed by atoms with Gasteiger partial charge in [0.05, 0.1) is 12.2 Å². The first-order chi connectivity index (χ1) is 26.1. The molecule has 1 amide bonds. The second kappa shape index (κ2) is 19.1. The van der Waals surface area contributed by atoms with Crippen molar-refractivity contribution in [2.24, 2.45) is 0 Å². The van der Waals surface area contributed by atoms with Gasteiger partial charge in [-0.1, -0.05) is 42.5 Å². The number of nitrogens with zero attached hydrogens (tertiary/aromatic N) is 1. The van der Waals surface area contributed by atoms with Gasteiger partial charge >= 0.3 is 5.97 Å². The van der Waals surface area contributed by atoms with Crippen LogP contribution in [0.1, 0.15) is 31.9 Å². The van der Waals surface area contributed by atoms with Crippen molar-refractivity contribution in [3.05, 3.63) is 71.8 Å². The van der Waals surface area contributed by atoms with Crippen LogP contribution in [-0.2, 0) is 44.4 Å². The maximum absolute atomic E-state index is 12.7. The maximum atomic E-state index is 12.7. The molecule has 0 saturated carbocycles. The molecule has 2 aromatic carbocycles. The third kappa shape index (κ3) is 10.6. The Bertz CT molecular complexity index is 1560. The van der Waals surface area contributed by atoms with Crippen LogP contribution >= 0.6 is 0 Å². The topological polar surface area (TPSA) is 244 Å². The Morgan fingerprint density at radius 1 is 0.709 bits per heavy atom. The molecule has 5 rings (SSSR count). The van der Waals surface area contributed by atoms with Crippen molar-refractivity contribution in [3.8, 4) is 5.75 Å². The Morgan fingerprint density at radius 2 is 1.31 bits per heavy atom. The molecule has 0 radical (unpaired) electrons. The van der Waals surface area contributed by atoms with Gasteiger partial charge in [0.15, 0.2) is 12.6 Å². The number of benzene rings is 2. The van der Waals surface area contributed by atoms with Crippen LogP contribution in [0.15, 0.2) is 60.7 Å². The van der Waals surface area contributed by atoms with Gasteiger partial charge in [-0.05, 0) is 49.6 Å². The van der Waals surface area contributed by atoms with E-state index in [9.17, 15) is 45.3 Å². The SMILES string of the molecule is CC(=O)N(C)CCc1ccc(O[C@@H]2O[C@@H](C)[C@H](O)[C@@H](O[C@@H]3O[C@H](COC(=O)/C=C/c4ccccc4)[C@@H](O[C@@H]4O[C@@H](C)[C@H](O)[C@@H](O)[C@H]4O)[C@H](O)[C@H]3O)[C@H]2O)cc1. The van der Waals surface area contributed by atoms with Gasteiger partial charge in [0.25, 0.3) is 0 Å². The maximum Gasteiger partial charge on any atom is 0.330 e. The molecule has 17 heteroatoms. The van der Waals surface area contributed by atoms with Crippen molar-refractivity contribution >= 4 is 18.0 Å². The predicted molar refractivity (Wildman–Crippen MR) is 190 cm³/mol. The average molecular weight is 778 g/mol. The Kier molecular flexibility index (Phi) is 14.8. The zero-order chi connectivity index (χ0) is 40.0. The van der Waals surface area contributed by atoms with Gasteiger partial charge in [0.1, 0.15) is 73.4 Å². The van der Waals surface area contributed by atoms with Crippen LogP contribution in [0.25, 0.3) is 6.08 Å². The van der Waals surface area contributed by atoms with Crippen LogP contribution in [0.5, 0.6) is 5.75 Å². The fourth-order valence-electron chi connectivity index (χ4n) is 6.27. The molecule has 3 aliphatic heterocycles. The van der Waals surface area contributed by atoms with Crippen molar-refractivity contribution in [2.75, 3.05) is 20.2 Å². The Hall–Kier alpha value is -3.56. The average Bonchev–Trinajstić information content (AvgIpc) is 3.17. The van der Waals surface area contributed by atoms with Gasteiger partial charge < -0.3 is 73.8 Å². The molecule has 0 aliphatic carbocycles. The quantitative estimate of drug-likeness (QED) is 0.0939. The molecule has 55 heavy (non-hydrogen) atoms. The zero-order valence-electron chi connectivity index (χ0n) is 30.9. The number of hydrogen-bond acceptors (Lipinski definition) is 16. The fourth-order valence-corrected chi connectivity index (χ4v) is 6.27. The van der Waals surface area contributed by atoms with E-state index in [0.29, 0.717) is 18.7 Å². The largest absolute Gasteiger partial charge is 0.462 e. The van der Waals surface area contributed by atoms with Crippen molar-refractivity contribution < 1.29 is 78.5 Å². The summed E-state index contributed by atoms with van der Waals surface area (Å²) in [7, 11) is 1.71. The Balaban J connectivity index is 1.29. The number of amides is 1. The smallest absolute Gasteiger partial charge is 0.330 e. The Labute approximate surface area is 318 Å². The van der Waals surface area contributed by atoms with Crippen LogP contribution in [0, 0.1) is 0 Å². The summed E-state index contributed by atoms with van der Waals surface area (Å²) in [6.07, 6.45) is -19.7. The molecule has 3 saturated heterocycles. The summed E-state index contributed by atoms with van der Waals surface area (Å²) in [5.74, 6) is -0.533. The standard InChI is InChI=1S/C38H51NO16/c1-19-27(42)29(44)31(46)36(50-19)54-34-25(18-49-26(41)15-12-22-8-6-5-7-9-22)53-37(32(47)30(34)45)55-35-28(43)20(2)51-38(33(35)48)52-24-13-10-23(11-14-24)16-17-39(4)21(3)40/h5-15,19-20,25,27-38,42-48H,16-18H2,1-4H3/b15-12+/t19-,20-,25+,27-,28-,29+,30+,31+,32+,33+,34+,35+,36-,37-,38-/m0/s1. The van der Waals surface area contributed by atoms with Crippen LogP contribution < -0.4 is 4.74 Å². The van der Waals surface area contributed by atoms with E-state index in [2.05, 4.69) is 0 Å². The summed E-state index contributed by atoms with van der Waals surface area (Å²) in [5.41, 5.74) is 1.65. The Morgan fingerprint density at radius 3 is 1.98 bits per heavy atom. The minimum absolute atomic E-state index is 0.0537. The van der Waals surface area contributed by atoms with E-state index in [1.54, 1.807) is 60.5 Å². The van der Waals surface area contributed by atoms with Crippen molar-refractivity contribution in [1.82, 2.24) is 4.90 Å². The first-order valence-electron chi connectivity index (χ1n) is 18.1. The zero-order valence-corrected chi connectivity index (χ0v) is 30.9. The number of ether oxygens (including phenoxy) is 7. The van der Waals surface area contributed by atoms with Gasteiger partial charge in [-0.25, -0.2) is 4.79 Å². The molecule has 0 bridgehead atoms. The van der Waals surface area contributed by atoms with Crippen LogP contribution in [-0.4, -0.2) is 165 Å². The van der Waals surface area contributed by atoms with Crippen molar-refractivity contribution in [1.29, 1.82) is 0 Å². The summed E-state index contributed by atoms with van der Waals surface area (Å²) in [4.78, 5) is 25.8. The molecule has 0 spiro atoms. The highest BCUT2D eigenvalue weighted by Gasteiger charge is 2.53. The number of aliphatic hydroxyl groups is 7. The second-order valence-electron chi connectivity index (χ2n) is 13.9. The van der Waals surface area contributed by atoms with E-state index >= 15 is 0 Å². The van der Waals surface area contributed by atoms with Gasteiger partial charge in [-0.15, -0.1) is 0 Å². The summed E-state index contributed by atoms with van der Waals surface area (Å²) < 4.78 is 40.3. The van der Waals surface area contributed by atoms with E-state index in [1.807, 2.05) is 6.07 Å². The van der Waals surface area contributed by atoms with E-state index in [4.69, 9.17) is 33.2 Å². The summed E-state index contributed by atoms with van der Waals surface area (Å²) in [5, 5.41) is 76.0. The number of carbonyl (C=O) groups excluding carboxylic acids is 2. The molecule has 3 aliphatic rings. The van der Waals surface area contributed by atoms with Gasteiger partial charge in [0, 0.05) is 26.6 Å². The van der Waals surface area contributed by atoms with Crippen LogP contribution in [0.4, 0.5) is 0 Å². The molecule has 7 N–H and O–H groups in total. The van der Waals surface area contributed by atoms with E-state index in [1.165, 1.54) is 26.8 Å². The minimum atomic E-state index is -1.91. The number of hydrogen-bond donors (Lipinski definition) is 7. The van der Waals surface area contributed by atoms with Crippen molar-refractivity contribution in [3.63, 3.8) is 0 Å². The summed E-state index contributed by atoms with van der Waals surface area (Å²) in [6.45, 7) is 4.36. The van der Waals surface area contributed by atoms with E-state index in [0.717, 1.165) is 17.2 Å². The monoisotopic (exact) mass is 777 g/mol. The molecule has 15 atom stereocenters. The van der Waals surface area contributed by atoms with Crippen LogP contribution in [0.3, 0.4) is 0 Å². The molecule has 3 fully saturated rings. The normalized spacial score (nSPS) is 36.7. The fraction of sp³-hybridized carbons (Fsp3) is 0.579. The lowest BCUT2D eigenvalue weighted by Gasteiger charge is -2.48. The molecule has 304 valence electrons. The molecule has 3 heterocycles. The van der Waals surface area contributed by atoms with Gasteiger partial charge in [0.2, 0.25) is 12.2 Å². The molecular weight excluding hydrogens is 726 g/mol. The first kappa shape index (κ1) is 42.6. The summed E-state index contributed by atoms with van der Waals surface area (Å²) in [6, 6.07) is 15.8. The number of aliphatic hydroxyl groups excluding tert-OH is 7. The molecular formula is C38H51NO16. The minimum Gasteiger partial charge on any atom is -0.462 e.